The van der Waals surface area contributed by atoms with Gasteiger partial charge in [-0.05, 0) is 12.1 Å². The maximum absolute atomic E-state index is 13.2. The zero-order valence-electron chi connectivity index (χ0n) is 13.9. The summed E-state index contributed by atoms with van der Waals surface area (Å²) in [5, 5.41) is 5.36. The molecule has 1 N–H and O–H groups in total. The van der Waals surface area contributed by atoms with Crippen LogP contribution in [0.3, 0.4) is 0 Å². The molecule has 1 unspecified atom stereocenters. The number of amides is 1. The van der Waals surface area contributed by atoms with Gasteiger partial charge in [0.05, 0.1) is 11.2 Å². The van der Waals surface area contributed by atoms with Crippen molar-refractivity contribution in [3.63, 3.8) is 0 Å². The minimum atomic E-state index is -0.0656. The molecule has 3 heterocycles. The molecule has 1 aliphatic heterocycles. The molecule has 1 atom stereocenters. The predicted octanol–water partition coefficient (Wildman–Crippen LogP) is 2.33. The minimum Gasteiger partial charge on any atom is -0.336 e. The summed E-state index contributed by atoms with van der Waals surface area (Å²) in [6.07, 6.45) is 3.69. The van der Waals surface area contributed by atoms with Gasteiger partial charge in [0.25, 0.3) is 5.91 Å². The molecule has 2 aromatic heterocycles. The molecule has 0 bridgehead atoms. The van der Waals surface area contributed by atoms with E-state index in [9.17, 15) is 4.79 Å². The lowest BCUT2D eigenvalue weighted by Crippen LogP contribution is -2.49. The van der Waals surface area contributed by atoms with Crippen LogP contribution in [-0.4, -0.2) is 45.0 Å². The summed E-state index contributed by atoms with van der Waals surface area (Å²) in [6.45, 7) is 2.16. The van der Waals surface area contributed by atoms with E-state index in [4.69, 9.17) is 0 Å². The fraction of sp³-hybridized carbons (Fsp3) is 0.278. The standard InChI is InChI=1S/C18H19N5OS/c1-22-7-6-20-17(22)16-10-19-5-8-23(16)18(24)14-4-2-3-13(9-14)15-11-25-12-21-15/h2-4,6-7,9,11-12,16,19H,5,8,10H2,1H3. The SMILES string of the molecule is Cn1ccnc1C1CNCCN1C(=O)c1cccc(-c2cscn2)c1. The smallest absolute Gasteiger partial charge is 0.254 e. The number of benzene rings is 1. The number of rotatable bonds is 3. The summed E-state index contributed by atoms with van der Waals surface area (Å²) < 4.78 is 1.98. The molecule has 1 saturated heterocycles. The average Bonchev–Trinajstić information content (AvgIpc) is 3.33. The van der Waals surface area contributed by atoms with E-state index in [0.29, 0.717) is 18.7 Å². The van der Waals surface area contributed by atoms with E-state index in [1.807, 2.05) is 52.4 Å². The van der Waals surface area contributed by atoms with Crippen molar-refractivity contribution in [2.45, 2.75) is 6.04 Å². The Morgan fingerprint density at radius 3 is 3.04 bits per heavy atom. The van der Waals surface area contributed by atoms with Gasteiger partial charge in [-0.2, -0.15) is 0 Å². The molecule has 4 rings (SSSR count). The van der Waals surface area contributed by atoms with Crippen molar-refractivity contribution in [2.24, 2.45) is 7.05 Å². The van der Waals surface area contributed by atoms with Crippen LogP contribution in [0.15, 0.2) is 47.5 Å². The number of hydrogen-bond acceptors (Lipinski definition) is 5. The first kappa shape index (κ1) is 16.0. The largest absolute Gasteiger partial charge is 0.336 e. The van der Waals surface area contributed by atoms with Gasteiger partial charge in [0.1, 0.15) is 11.9 Å². The highest BCUT2D eigenvalue weighted by molar-refractivity contribution is 7.07. The van der Waals surface area contributed by atoms with E-state index in [1.54, 1.807) is 23.0 Å². The van der Waals surface area contributed by atoms with Crippen LogP contribution in [0.25, 0.3) is 11.3 Å². The molecule has 0 saturated carbocycles. The Morgan fingerprint density at radius 1 is 1.36 bits per heavy atom. The monoisotopic (exact) mass is 353 g/mol. The third-order valence-electron chi connectivity index (χ3n) is 4.50. The second-order valence-corrected chi connectivity index (χ2v) is 6.79. The van der Waals surface area contributed by atoms with Crippen LogP contribution in [0.4, 0.5) is 0 Å². The Kier molecular flexibility index (Phi) is 4.33. The Bertz CT molecular complexity index is 873. The van der Waals surface area contributed by atoms with Crippen LogP contribution in [0.2, 0.25) is 0 Å². The fourth-order valence-corrected chi connectivity index (χ4v) is 3.77. The maximum atomic E-state index is 13.2. The van der Waals surface area contributed by atoms with Gasteiger partial charge in [0.15, 0.2) is 0 Å². The number of carbonyl (C=O) groups is 1. The van der Waals surface area contributed by atoms with Gasteiger partial charge >= 0.3 is 0 Å². The van der Waals surface area contributed by atoms with Gasteiger partial charge in [-0.1, -0.05) is 12.1 Å². The van der Waals surface area contributed by atoms with Crippen molar-refractivity contribution in [3.8, 4) is 11.3 Å². The lowest BCUT2D eigenvalue weighted by Gasteiger charge is -2.35. The summed E-state index contributed by atoms with van der Waals surface area (Å²) in [6, 6.07) is 7.63. The van der Waals surface area contributed by atoms with Crippen LogP contribution in [0, 0.1) is 0 Å². The average molecular weight is 353 g/mol. The first-order valence-corrected chi connectivity index (χ1v) is 9.16. The van der Waals surface area contributed by atoms with E-state index in [1.165, 1.54) is 0 Å². The highest BCUT2D eigenvalue weighted by Crippen LogP contribution is 2.25. The number of hydrogen-bond donors (Lipinski definition) is 1. The normalized spacial score (nSPS) is 17.6. The van der Waals surface area contributed by atoms with E-state index in [-0.39, 0.29) is 11.9 Å². The molecular formula is C18H19N5OS. The van der Waals surface area contributed by atoms with Crippen molar-refractivity contribution in [1.82, 2.24) is 24.8 Å². The summed E-state index contributed by atoms with van der Waals surface area (Å²) in [5.74, 6) is 0.933. The first-order chi connectivity index (χ1) is 12.2. The quantitative estimate of drug-likeness (QED) is 0.785. The van der Waals surface area contributed by atoms with Gasteiger partial charge in [0, 0.05) is 55.6 Å². The maximum Gasteiger partial charge on any atom is 0.254 e. The van der Waals surface area contributed by atoms with Gasteiger partial charge in [-0.3, -0.25) is 4.79 Å². The molecule has 0 spiro atoms. The fourth-order valence-electron chi connectivity index (χ4n) is 3.21. The Morgan fingerprint density at radius 2 is 2.28 bits per heavy atom. The summed E-state index contributed by atoms with van der Waals surface area (Å²) in [5.41, 5.74) is 4.36. The molecule has 1 aromatic carbocycles. The van der Waals surface area contributed by atoms with Crippen molar-refractivity contribution in [3.05, 3.63) is 58.9 Å². The summed E-state index contributed by atoms with van der Waals surface area (Å²) in [4.78, 5) is 23.9. The molecule has 0 radical (unpaired) electrons. The third kappa shape index (κ3) is 3.08. The summed E-state index contributed by atoms with van der Waals surface area (Å²) in [7, 11) is 1.96. The zero-order valence-corrected chi connectivity index (χ0v) is 14.7. The molecule has 6 nitrogen and oxygen atoms in total. The number of aromatic nitrogens is 3. The number of nitrogens with zero attached hydrogens (tertiary/aromatic N) is 4. The number of imidazole rings is 1. The Balaban J connectivity index is 1.65. The lowest BCUT2D eigenvalue weighted by molar-refractivity contribution is 0.0621. The van der Waals surface area contributed by atoms with Gasteiger partial charge in [-0.25, -0.2) is 9.97 Å². The summed E-state index contributed by atoms with van der Waals surface area (Å²) >= 11 is 1.55. The number of nitrogens with one attached hydrogen (secondary N) is 1. The zero-order chi connectivity index (χ0) is 17.2. The van der Waals surface area contributed by atoms with Crippen molar-refractivity contribution >= 4 is 17.2 Å². The molecule has 1 amide bonds. The van der Waals surface area contributed by atoms with Gasteiger partial charge < -0.3 is 14.8 Å². The van der Waals surface area contributed by atoms with Crippen molar-refractivity contribution < 1.29 is 4.79 Å². The molecule has 3 aromatic rings. The molecule has 7 heteroatoms. The van der Waals surface area contributed by atoms with E-state index in [0.717, 1.165) is 23.6 Å². The topological polar surface area (TPSA) is 63.1 Å². The molecule has 1 aliphatic rings. The third-order valence-corrected chi connectivity index (χ3v) is 5.08. The number of carbonyl (C=O) groups excluding carboxylic acids is 1. The van der Waals surface area contributed by atoms with Crippen molar-refractivity contribution in [2.75, 3.05) is 19.6 Å². The second-order valence-electron chi connectivity index (χ2n) is 6.07. The van der Waals surface area contributed by atoms with Crippen LogP contribution >= 0.6 is 11.3 Å². The van der Waals surface area contributed by atoms with Crippen LogP contribution in [-0.2, 0) is 7.05 Å². The molecule has 25 heavy (non-hydrogen) atoms. The molecular weight excluding hydrogens is 334 g/mol. The Hall–Kier alpha value is -2.51. The second kappa shape index (κ2) is 6.78. The van der Waals surface area contributed by atoms with E-state index in [2.05, 4.69) is 15.3 Å². The highest BCUT2D eigenvalue weighted by Gasteiger charge is 2.31. The number of piperazine rings is 1. The highest BCUT2D eigenvalue weighted by atomic mass is 32.1. The van der Waals surface area contributed by atoms with Crippen LogP contribution in [0.5, 0.6) is 0 Å². The van der Waals surface area contributed by atoms with Gasteiger partial charge in [-0.15, -0.1) is 11.3 Å². The number of aryl methyl sites for hydroxylation is 1. The van der Waals surface area contributed by atoms with Gasteiger partial charge in [0.2, 0.25) is 0 Å². The minimum absolute atomic E-state index is 0.0339. The molecule has 128 valence electrons. The first-order valence-electron chi connectivity index (χ1n) is 8.21. The molecule has 0 aliphatic carbocycles. The van der Waals surface area contributed by atoms with Crippen LogP contribution < -0.4 is 5.32 Å². The van der Waals surface area contributed by atoms with Crippen LogP contribution in [0.1, 0.15) is 22.2 Å². The predicted molar refractivity (Wildman–Crippen MR) is 97.4 cm³/mol. The van der Waals surface area contributed by atoms with E-state index < -0.39 is 0 Å². The van der Waals surface area contributed by atoms with E-state index >= 15 is 0 Å². The Labute approximate surface area is 150 Å². The van der Waals surface area contributed by atoms with Crippen molar-refractivity contribution in [1.29, 1.82) is 0 Å². The number of thiazole rings is 1. The molecule has 1 fully saturated rings. The lowest BCUT2D eigenvalue weighted by atomic mass is 10.1.